The standard InChI is InChI=1S/C9H17NO.C8H17NO/c1-2-10-6-4-3-5-9(10)7-11-8-9;1-4-8(5-9(2)3)6-10-7-8/h2-8H2,1H3;4-7H2,1-3H3. The van der Waals surface area contributed by atoms with Gasteiger partial charge in [-0.25, -0.2) is 0 Å². The van der Waals surface area contributed by atoms with Gasteiger partial charge in [0.05, 0.1) is 32.0 Å². The number of hydrogen-bond acceptors (Lipinski definition) is 4. The molecule has 124 valence electrons. The highest BCUT2D eigenvalue weighted by atomic mass is 16.5. The molecule has 21 heavy (non-hydrogen) atoms. The summed E-state index contributed by atoms with van der Waals surface area (Å²) in [6.45, 7) is 12.1. The molecule has 3 aliphatic rings. The maximum atomic E-state index is 5.31. The molecule has 0 aliphatic carbocycles. The highest BCUT2D eigenvalue weighted by Crippen LogP contribution is 2.34. The average Bonchev–Trinajstić information content (AvgIpc) is 2.41. The molecular formula is C17H34N2O2. The van der Waals surface area contributed by atoms with Crippen molar-refractivity contribution in [2.45, 2.75) is 45.1 Å². The summed E-state index contributed by atoms with van der Waals surface area (Å²) >= 11 is 0. The maximum absolute atomic E-state index is 5.31. The second-order valence-corrected chi connectivity index (χ2v) is 7.34. The van der Waals surface area contributed by atoms with E-state index >= 15 is 0 Å². The zero-order chi connectivity index (χ0) is 15.3. The average molecular weight is 298 g/mol. The van der Waals surface area contributed by atoms with Crippen LogP contribution in [0.4, 0.5) is 0 Å². The lowest BCUT2D eigenvalue weighted by Gasteiger charge is -2.52. The Kier molecular flexibility index (Phi) is 6.06. The van der Waals surface area contributed by atoms with Crippen molar-refractivity contribution in [1.29, 1.82) is 0 Å². The summed E-state index contributed by atoms with van der Waals surface area (Å²) in [5.74, 6) is 0. The Labute approximate surface area is 130 Å². The Morgan fingerprint density at radius 3 is 1.95 bits per heavy atom. The largest absolute Gasteiger partial charge is 0.380 e. The Bertz CT molecular complexity index is 306. The first-order valence-electron chi connectivity index (χ1n) is 8.61. The molecule has 0 aromatic rings. The summed E-state index contributed by atoms with van der Waals surface area (Å²) < 4.78 is 10.5. The quantitative estimate of drug-likeness (QED) is 0.795. The van der Waals surface area contributed by atoms with Crippen LogP contribution in [0.2, 0.25) is 0 Å². The lowest BCUT2D eigenvalue weighted by Crippen LogP contribution is -2.63. The van der Waals surface area contributed by atoms with E-state index in [0.29, 0.717) is 11.0 Å². The smallest absolute Gasteiger partial charge is 0.0678 e. The molecule has 0 unspecified atom stereocenters. The molecule has 3 saturated heterocycles. The van der Waals surface area contributed by atoms with E-state index in [1.165, 1.54) is 45.3 Å². The van der Waals surface area contributed by atoms with Gasteiger partial charge in [0.1, 0.15) is 0 Å². The molecule has 0 atom stereocenters. The van der Waals surface area contributed by atoms with Crippen molar-refractivity contribution in [3.8, 4) is 0 Å². The van der Waals surface area contributed by atoms with Gasteiger partial charge in [0.25, 0.3) is 0 Å². The third-order valence-corrected chi connectivity index (χ3v) is 5.33. The highest BCUT2D eigenvalue weighted by Gasteiger charge is 2.44. The molecule has 0 aromatic carbocycles. The minimum absolute atomic E-state index is 0.479. The number of ether oxygens (including phenoxy) is 2. The predicted molar refractivity (Wildman–Crippen MR) is 86.7 cm³/mol. The lowest BCUT2D eigenvalue weighted by molar-refractivity contribution is -0.154. The molecule has 3 fully saturated rings. The zero-order valence-corrected chi connectivity index (χ0v) is 14.5. The van der Waals surface area contributed by atoms with Crippen LogP contribution in [0, 0.1) is 5.41 Å². The molecule has 3 rings (SSSR count). The third kappa shape index (κ3) is 3.98. The second-order valence-electron chi connectivity index (χ2n) is 7.34. The number of likely N-dealkylation sites (tertiary alicyclic amines) is 1. The Hall–Kier alpha value is -0.160. The molecule has 0 N–H and O–H groups in total. The van der Waals surface area contributed by atoms with Crippen LogP contribution in [-0.4, -0.2) is 75.5 Å². The highest BCUT2D eigenvalue weighted by molar-refractivity contribution is 4.98. The summed E-state index contributed by atoms with van der Waals surface area (Å²) in [5.41, 5.74) is 0.969. The fourth-order valence-electron chi connectivity index (χ4n) is 3.78. The molecule has 0 saturated carbocycles. The fourth-order valence-corrected chi connectivity index (χ4v) is 3.78. The summed E-state index contributed by atoms with van der Waals surface area (Å²) in [6.07, 6.45) is 5.39. The van der Waals surface area contributed by atoms with E-state index in [9.17, 15) is 0 Å². The van der Waals surface area contributed by atoms with Gasteiger partial charge in [-0.1, -0.05) is 20.3 Å². The van der Waals surface area contributed by atoms with E-state index in [-0.39, 0.29) is 0 Å². The van der Waals surface area contributed by atoms with Crippen molar-refractivity contribution in [3.05, 3.63) is 0 Å². The van der Waals surface area contributed by atoms with Crippen molar-refractivity contribution in [3.63, 3.8) is 0 Å². The molecule has 4 nitrogen and oxygen atoms in total. The number of hydrogen-bond donors (Lipinski definition) is 0. The van der Waals surface area contributed by atoms with Crippen LogP contribution in [0.1, 0.15) is 39.5 Å². The number of piperidine rings is 1. The van der Waals surface area contributed by atoms with Crippen LogP contribution >= 0.6 is 0 Å². The van der Waals surface area contributed by atoms with E-state index in [2.05, 4.69) is 37.7 Å². The maximum Gasteiger partial charge on any atom is 0.0678 e. The van der Waals surface area contributed by atoms with Crippen LogP contribution < -0.4 is 0 Å². The molecule has 3 heterocycles. The first kappa shape index (κ1) is 17.2. The van der Waals surface area contributed by atoms with Crippen molar-refractivity contribution in [1.82, 2.24) is 9.80 Å². The Morgan fingerprint density at radius 2 is 1.67 bits per heavy atom. The number of nitrogens with zero attached hydrogens (tertiary/aromatic N) is 2. The molecule has 0 bridgehead atoms. The van der Waals surface area contributed by atoms with Crippen LogP contribution in [0.3, 0.4) is 0 Å². The molecular weight excluding hydrogens is 264 g/mol. The number of likely N-dealkylation sites (N-methyl/N-ethyl adjacent to an activating group) is 1. The van der Waals surface area contributed by atoms with Gasteiger partial charge < -0.3 is 14.4 Å². The van der Waals surface area contributed by atoms with E-state index in [4.69, 9.17) is 9.47 Å². The molecule has 3 aliphatic heterocycles. The normalized spacial score (nSPS) is 26.7. The molecule has 4 heteroatoms. The molecule has 0 radical (unpaired) electrons. The molecule has 1 spiro atoms. The second kappa shape index (κ2) is 7.40. The van der Waals surface area contributed by atoms with Crippen molar-refractivity contribution >= 4 is 0 Å². The van der Waals surface area contributed by atoms with E-state index in [1.807, 2.05) is 0 Å². The van der Waals surface area contributed by atoms with E-state index < -0.39 is 0 Å². The minimum atomic E-state index is 0.479. The summed E-state index contributed by atoms with van der Waals surface area (Å²) in [4.78, 5) is 4.84. The number of rotatable bonds is 4. The van der Waals surface area contributed by atoms with Crippen molar-refractivity contribution < 1.29 is 9.47 Å². The Morgan fingerprint density at radius 1 is 1.00 bits per heavy atom. The van der Waals surface area contributed by atoms with Gasteiger partial charge >= 0.3 is 0 Å². The van der Waals surface area contributed by atoms with Gasteiger partial charge in [-0.05, 0) is 46.4 Å². The van der Waals surface area contributed by atoms with Crippen molar-refractivity contribution in [2.24, 2.45) is 5.41 Å². The Balaban J connectivity index is 0.000000155. The monoisotopic (exact) mass is 298 g/mol. The lowest BCUT2D eigenvalue weighted by atomic mass is 9.83. The van der Waals surface area contributed by atoms with Gasteiger partial charge in [-0.15, -0.1) is 0 Å². The van der Waals surface area contributed by atoms with Crippen molar-refractivity contribution in [2.75, 3.05) is 60.2 Å². The first-order chi connectivity index (χ1) is 10.1. The van der Waals surface area contributed by atoms with Gasteiger partial charge in [0, 0.05) is 12.0 Å². The summed E-state index contributed by atoms with van der Waals surface area (Å²) in [5, 5.41) is 0. The third-order valence-electron chi connectivity index (χ3n) is 5.33. The van der Waals surface area contributed by atoms with Crippen LogP contribution in [0.15, 0.2) is 0 Å². The van der Waals surface area contributed by atoms with Gasteiger partial charge in [-0.2, -0.15) is 0 Å². The predicted octanol–water partition coefficient (Wildman–Crippen LogP) is 2.24. The van der Waals surface area contributed by atoms with Gasteiger partial charge in [-0.3, -0.25) is 4.90 Å². The first-order valence-corrected chi connectivity index (χ1v) is 8.61. The van der Waals surface area contributed by atoms with Crippen LogP contribution in [0.25, 0.3) is 0 Å². The molecule has 0 aromatic heterocycles. The topological polar surface area (TPSA) is 24.9 Å². The summed E-state index contributed by atoms with van der Waals surface area (Å²) in [7, 11) is 4.24. The SMILES string of the molecule is CCC1(CN(C)C)COC1.CCN1CCCCC12COC2. The van der Waals surface area contributed by atoms with E-state index in [0.717, 1.165) is 26.4 Å². The van der Waals surface area contributed by atoms with Crippen LogP contribution in [-0.2, 0) is 9.47 Å². The summed E-state index contributed by atoms with van der Waals surface area (Å²) in [6, 6.07) is 0. The zero-order valence-electron chi connectivity index (χ0n) is 14.5. The van der Waals surface area contributed by atoms with Gasteiger partial charge in [0.15, 0.2) is 0 Å². The van der Waals surface area contributed by atoms with Crippen LogP contribution in [0.5, 0.6) is 0 Å². The molecule has 0 amide bonds. The van der Waals surface area contributed by atoms with Gasteiger partial charge in [0.2, 0.25) is 0 Å². The van der Waals surface area contributed by atoms with E-state index in [1.54, 1.807) is 0 Å². The minimum Gasteiger partial charge on any atom is -0.380 e. The fraction of sp³-hybridized carbons (Fsp3) is 1.00.